The van der Waals surface area contributed by atoms with Crippen LogP contribution in [0.2, 0.25) is 0 Å². The van der Waals surface area contributed by atoms with Crippen LogP contribution in [0.4, 0.5) is 4.79 Å². The van der Waals surface area contributed by atoms with Crippen LogP contribution in [0.1, 0.15) is 16.7 Å². The molecule has 7 nitrogen and oxygen atoms in total. The fourth-order valence-electron chi connectivity index (χ4n) is 3.14. The Bertz CT molecular complexity index is 1120. The summed E-state index contributed by atoms with van der Waals surface area (Å²) in [6, 6.07) is 15.1. The van der Waals surface area contributed by atoms with E-state index in [4.69, 9.17) is 9.84 Å². The Kier molecular flexibility index (Phi) is 5.17. The van der Waals surface area contributed by atoms with Crippen LogP contribution in [0.3, 0.4) is 0 Å². The lowest BCUT2D eigenvalue weighted by atomic mass is 10.0. The van der Waals surface area contributed by atoms with Crippen molar-refractivity contribution in [3.8, 4) is 17.0 Å². The lowest BCUT2D eigenvalue weighted by Gasteiger charge is -2.16. The predicted octanol–water partition coefficient (Wildman–Crippen LogP) is 2.94. The normalized spacial score (nSPS) is 10.7. The second-order valence-electron chi connectivity index (χ2n) is 6.49. The molecule has 0 unspecified atom stereocenters. The van der Waals surface area contributed by atoms with E-state index in [1.165, 1.54) is 18.5 Å². The zero-order valence-corrected chi connectivity index (χ0v) is 15.8. The van der Waals surface area contributed by atoms with E-state index in [2.05, 4.69) is 0 Å². The summed E-state index contributed by atoms with van der Waals surface area (Å²) in [6.07, 6.45) is -1.60. The fraction of sp³-hybridized carbons (Fsp3) is 0.190. The summed E-state index contributed by atoms with van der Waals surface area (Å²) in [4.78, 5) is 35.9. The number of benzene rings is 2. The molecular weight excluding hydrogens is 360 g/mol. The molecule has 0 spiro atoms. The number of hydrogen-bond acceptors (Lipinski definition) is 4. The van der Waals surface area contributed by atoms with E-state index >= 15 is 0 Å². The second kappa shape index (κ2) is 7.56. The van der Waals surface area contributed by atoms with Gasteiger partial charge in [-0.15, -0.1) is 0 Å². The molecule has 0 radical (unpaired) electrons. The maximum atomic E-state index is 12.4. The van der Waals surface area contributed by atoms with Crippen LogP contribution < -0.4 is 16.0 Å². The van der Waals surface area contributed by atoms with Crippen molar-refractivity contribution in [2.45, 2.75) is 20.5 Å². The number of nitrogens with zero attached hydrogens (tertiary/aromatic N) is 2. The summed E-state index contributed by atoms with van der Waals surface area (Å²) in [5.41, 5.74) is 1.34. The van der Waals surface area contributed by atoms with Gasteiger partial charge in [0.1, 0.15) is 12.4 Å². The van der Waals surface area contributed by atoms with Crippen LogP contribution in [-0.4, -0.2) is 20.3 Å². The topological polar surface area (TPSA) is 90.5 Å². The number of hydrogen-bond donors (Lipinski definition) is 1. The van der Waals surface area contributed by atoms with Gasteiger partial charge < -0.3 is 9.84 Å². The van der Waals surface area contributed by atoms with E-state index in [0.717, 1.165) is 11.1 Å². The molecule has 0 aliphatic carbocycles. The molecule has 3 aromatic rings. The van der Waals surface area contributed by atoms with E-state index < -0.39 is 17.3 Å². The summed E-state index contributed by atoms with van der Waals surface area (Å²) in [7, 11) is 1.45. The SMILES string of the molecule is Cc1cc(OCc2ccccc2)ccc1-c1c(C)c(=O)n(C(=O)O)c(=O)n1C. The van der Waals surface area contributed by atoms with E-state index in [-0.39, 0.29) is 10.1 Å². The van der Waals surface area contributed by atoms with Gasteiger partial charge in [-0.05, 0) is 43.2 Å². The first kappa shape index (κ1) is 19.2. The summed E-state index contributed by atoms with van der Waals surface area (Å²) < 4.78 is 7.20. The Labute approximate surface area is 161 Å². The van der Waals surface area contributed by atoms with Gasteiger partial charge in [0.15, 0.2) is 0 Å². The average molecular weight is 380 g/mol. The lowest BCUT2D eigenvalue weighted by molar-refractivity contribution is 0.193. The highest BCUT2D eigenvalue weighted by atomic mass is 16.5. The fourth-order valence-corrected chi connectivity index (χ4v) is 3.14. The third-order valence-electron chi connectivity index (χ3n) is 4.59. The number of carbonyl (C=O) groups is 1. The Morgan fingerprint density at radius 1 is 1.07 bits per heavy atom. The average Bonchev–Trinajstić information content (AvgIpc) is 2.67. The Morgan fingerprint density at radius 3 is 2.36 bits per heavy atom. The first-order chi connectivity index (χ1) is 13.3. The predicted molar refractivity (Wildman–Crippen MR) is 105 cm³/mol. The molecular formula is C21H20N2O5. The summed E-state index contributed by atoms with van der Waals surface area (Å²) >= 11 is 0. The number of rotatable bonds is 4. The van der Waals surface area contributed by atoms with Gasteiger partial charge in [-0.2, -0.15) is 4.57 Å². The van der Waals surface area contributed by atoms with Gasteiger partial charge >= 0.3 is 11.8 Å². The molecule has 28 heavy (non-hydrogen) atoms. The van der Waals surface area contributed by atoms with E-state index in [0.29, 0.717) is 23.6 Å². The molecule has 1 aromatic heterocycles. The first-order valence-electron chi connectivity index (χ1n) is 8.65. The van der Waals surface area contributed by atoms with Gasteiger partial charge in [-0.1, -0.05) is 30.3 Å². The van der Waals surface area contributed by atoms with Gasteiger partial charge in [-0.25, -0.2) is 9.59 Å². The zero-order chi connectivity index (χ0) is 20.4. The van der Waals surface area contributed by atoms with Crippen LogP contribution in [0, 0.1) is 13.8 Å². The van der Waals surface area contributed by atoms with Gasteiger partial charge in [0.25, 0.3) is 5.56 Å². The number of carboxylic acid groups (broad SMARTS) is 1. The van der Waals surface area contributed by atoms with E-state index in [1.54, 1.807) is 12.1 Å². The molecule has 0 saturated heterocycles. The smallest absolute Gasteiger partial charge is 0.422 e. The van der Waals surface area contributed by atoms with Crippen LogP contribution >= 0.6 is 0 Å². The van der Waals surface area contributed by atoms with E-state index in [9.17, 15) is 14.4 Å². The van der Waals surface area contributed by atoms with Gasteiger partial charge in [0, 0.05) is 18.2 Å². The molecule has 2 aromatic carbocycles. The lowest BCUT2D eigenvalue weighted by Crippen LogP contribution is -2.44. The quantitative estimate of drug-likeness (QED) is 0.752. The molecule has 1 heterocycles. The largest absolute Gasteiger partial charge is 0.489 e. The van der Waals surface area contributed by atoms with Crippen molar-refractivity contribution in [2.75, 3.05) is 0 Å². The van der Waals surface area contributed by atoms with Crippen molar-refractivity contribution in [3.05, 3.63) is 86.1 Å². The van der Waals surface area contributed by atoms with Gasteiger partial charge in [0.2, 0.25) is 0 Å². The molecule has 0 saturated carbocycles. The Hall–Kier alpha value is -3.61. The molecule has 0 bridgehead atoms. The van der Waals surface area contributed by atoms with Crippen LogP contribution in [0.15, 0.2) is 58.1 Å². The summed E-state index contributed by atoms with van der Waals surface area (Å²) in [6.45, 7) is 3.78. The molecule has 0 amide bonds. The minimum absolute atomic E-state index is 0.186. The molecule has 144 valence electrons. The highest BCUT2D eigenvalue weighted by molar-refractivity contribution is 5.71. The first-order valence-corrected chi connectivity index (χ1v) is 8.65. The maximum absolute atomic E-state index is 12.4. The third-order valence-corrected chi connectivity index (χ3v) is 4.59. The highest BCUT2D eigenvalue weighted by Gasteiger charge is 2.20. The Morgan fingerprint density at radius 2 is 1.75 bits per heavy atom. The number of ether oxygens (including phenoxy) is 1. The third kappa shape index (κ3) is 3.46. The molecule has 3 rings (SSSR count). The van der Waals surface area contributed by atoms with Gasteiger partial charge in [0.05, 0.1) is 5.69 Å². The van der Waals surface area contributed by atoms with Crippen molar-refractivity contribution in [2.24, 2.45) is 7.05 Å². The van der Waals surface area contributed by atoms with Crippen molar-refractivity contribution in [1.82, 2.24) is 9.13 Å². The van der Waals surface area contributed by atoms with Crippen molar-refractivity contribution in [1.29, 1.82) is 0 Å². The standard InChI is InChI=1S/C21H20N2O5/c1-13-11-16(28-12-15-7-5-4-6-8-15)9-10-17(13)18-14(2)19(24)23(21(26)27)20(25)22(18)3/h4-11H,12H2,1-3H3,(H,26,27). The molecule has 0 atom stereocenters. The maximum Gasteiger partial charge on any atom is 0.422 e. The van der Waals surface area contributed by atoms with Crippen LogP contribution in [0.5, 0.6) is 5.75 Å². The molecule has 0 aliphatic heterocycles. The molecule has 7 heteroatoms. The summed E-state index contributed by atoms with van der Waals surface area (Å²) in [5, 5.41) is 9.13. The van der Waals surface area contributed by atoms with Crippen molar-refractivity contribution < 1.29 is 14.6 Å². The van der Waals surface area contributed by atoms with Crippen molar-refractivity contribution >= 4 is 6.09 Å². The molecule has 1 N–H and O–H groups in total. The number of aromatic nitrogens is 2. The molecule has 0 aliphatic rings. The van der Waals surface area contributed by atoms with Crippen LogP contribution in [0.25, 0.3) is 11.3 Å². The van der Waals surface area contributed by atoms with Crippen molar-refractivity contribution in [3.63, 3.8) is 0 Å². The van der Waals surface area contributed by atoms with Crippen LogP contribution in [-0.2, 0) is 13.7 Å². The number of aryl methyl sites for hydroxylation is 1. The van der Waals surface area contributed by atoms with E-state index in [1.807, 2.05) is 43.3 Å². The van der Waals surface area contributed by atoms with Gasteiger partial charge in [-0.3, -0.25) is 9.36 Å². The monoisotopic (exact) mass is 380 g/mol. The highest BCUT2D eigenvalue weighted by Crippen LogP contribution is 2.27. The minimum Gasteiger partial charge on any atom is -0.489 e. The summed E-state index contributed by atoms with van der Waals surface area (Å²) in [5.74, 6) is 0.659. The Balaban J connectivity index is 2.00. The minimum atomic E-state index is -1.60. The molecule has 0 fully saturated rings. The second-order valence-corrected chi connectivity index (χ2v) is 6.49. The zero-order valence-electron chi connectivity index (χ0n) is 15.8.